The van der Waals surface area contributed by atoms with Crippen LogP contribution < -0.4 is 16.4 Å². The number of hydrogen-bond acceptors (Lipinski definition) is 4. The molecule has 0 spiro atoms. The van der Waals surface area contributed by atoms with Gasteiger partial charge in [-0.25, -0.2) is 0 Å². The first-order valence-corrected chi connectivity index (χ1v) is 7.77. The van der Waals surface area contributed by atoms with Crippen molar-refractivity contribution in [3.8, 4) is 0 Å². The van der Waals surface area contributed by atoms with Gasteiger partial charge in [-0.3, -0.25) is 29.4 Å². The van der Waals surface area contributed by atoms with Gasteiger partial charge in [0.15, 0.2) is 0 Å². The molecule has 8 nitrogen and oxygen atoms in total. The molecule has 1 aromatic carbocycles. The fraction of sp³-hybridized carbons (Fsp3) is 0.375. The lowest BCUT2D eigenvalue weighted by atomic mass is 9.95. The van der Waals surface area contributed by atoms with Crippen molar-refractivity contribution in [1.82, 2.24) is 15.1 Å². The van der Waals surface area contributed by atoms with E-state index in [1.54, 1.807) is 17.0 Å². The lowest BCUT2D eigenvalue weighted by molar-refractivity contribution is -0.132. The maximum absolute atomic E-state index is 12.5. The average molecular weight is 330 g/mol. The normalized spacial score (nSPS) is 15.5. The Balaban J connectivity index is 1.82. The number of piperidine rings is 1. The first-order valence-electron chi connectivity index (χ1n) is 7.77. The highest BCUT2D eigenvalue weighted by Gasteiger charge is 2.26. The largest absolute Gasteiger partial charge is 0.343 e. The zero-order valence-corrected chi connectivity index (χ0v) is 13.2. The number of H-pyrrole nitrogens is 2. The highest BCUT2D eigenvalue weighted by molar-refractivity contribution is 6.02. The van der Waals surface area contributed by atoms with Crippen LogP contribution in [0, 0.1) is 5.92 Å². The minimum absolute atomic E-state index is 0.00803. The van der Waals surface area contributed by atoms with Gasteiger partial charge >= 0.3 is 0 Å². The summed E-state index contributed by atoms with van der Waals surface area (Å²) in [6.45, 7) is 2.60. The number of nitrogens with one attached hydrogen (secondary N) is 3. The molecule has 0 radical (unpaired) electrons. The standard InChI is InChI=1S/C16H18N4O4/c1-9(21)20-7-5-10(6-8-20)14(22)17-12-4-2-3-11-13(12)16(24)19-18-15(11)23/h2-4,10H,5-8H2,1H3,(H,17,22)(H,18,23)(H,19,24). The van der Waals surface area contributed by atoms with Gasteiger partial charge < -0.3 is 10.2 Å². The van der Waals surface area contributed by atoms with E-state index in [0.717, 1.165) is 0 Å². The lowest BCUT2D eigenvalue weighted by Crippen LogP contribution is -2.40. The van der Waals surface area contributed by atoms with E-state index in [2.05, 4.69) is 15.5 Å². The van der Waals surface area contributed by atoms with Crippen LogP contribution in [0.25, 0.3) is 10.8 Å². The molecule has 126 valence electrons. The van der Waals surface area contributed by atoms with E-state index in [4.69, 9.17) is 0 Å². The molecular weight excluding hydrogens is 312 g/mol. The summed E-state index contributed by atoms with van der Waals surface area (Å²) >= 11 is 0. The monoisotopic (exact) mass is 330 g/mol. The molecule has 1 aliphatic heterocycles. The predicted octanol–water partition coefficient (Wildman–Crippen LogP) is 0.413. The summed E-state index contributed by atoms with van der Waals surface area (Å²) in [5, 5.41) is 7.66. The predicted molar refractivity (Wildman–Crippen MR) is 88.8 cm³/mol. The van der Waals surface area contributed by atoms with Gasteiger partial charge in [-0.2, -0.15) is 0 Å². The second-order valence-corrected chi connectivity index (χ2v) is 5.91. The molecule has 0 aliphatic carbocycles. The summed E-state index contributed by atoms with van der Waals surface area (Å²) < 4.78 is 0. The van der Waals surface area contributed by atoms with Crippen molar-refractivity contribution < 1.29 is 9.59 Å². The van der Waals surface area contributed by atoms with Crippen LogP contribution >= 0.6 is 0 Å². The number of fused-ring (bicyclic) bond motifs is 1. The molecule has 3 N–H and O–H groups in total. The minimum Gasteiger partial charge on any atom is -0.343 e. The van der Waals surface area contributed by atoms with Crippen LogP contribution in [0.2, 0.25) is 0 Å². The molecule has 2 heterocycles. The molecule has 1 fully saturated rings. The highest BCUT2D eigenvalue weighted by Crippen LogP contribution is 2.22. The third kappa shape index (κ3) is 2.94. The first kappa shape index (κ1) is 16.0. The molecule has 1 aromatic heterocycles. The Bertz CT molecular complexity index is 906. The highest BCUT2D eigenvalue weighted by atomic mass is 16.2. The van der Waals surface area contributed by atoms with Crippen LogP contribution in [-0.4, -0.2) is 40.0 Å². The molecule has 24 heavy (non-hydrogen) atoms. The number of aromatic amines is 2. The zero-order chi connectivity index (χ0) is 17.3. The Morgan fingerprint density at radius 2 is 1.79 bits per heavy atom. The number of likely N-dealkylation sites (tertiary alicyclic amines) is 1. The van der Waals surface area contributed by atoms with Crippen molar-refractivity contribution in [2.75, 3.05) is 18.4 Å². The number of rotatable bonds is 2. The first-order chi connectivity index (χ1) is 11.5. The molecule has 0 atom stereocenters. The molecule has 1 aliphatic rings. The summed E-state index contributed by atoms with van der Waals surface area (Å²) in [6.07, 6.45) is 1.15. The Morgan fingerprint density at radius 1 is 1.12 bits per heavy atom. The van der Waals surface area contributed by atoms with Crippen LogP contribution in [0.4, 0.5) is 5.69 Å². The minimum atomic E-state index is -0.466. The quantitative estimate of drug-likeness (QED) is 0.740. The summed E-state index contributed by atoms with van der Waals surface area (Å²) in [5.74, 6) is -0.420. The molecule has 1 saturated heterocycles. The Labute approximate surface area is 136 Å². The van der Waals surface area contributed by atoms with Gasteiger partial charge in [-0.15, -0.1) is 0 Å². The maximum Gasteiger partial charge on any atom is 0.272 e. The van der Waals surface area contributed by atoms with E-state index in [0.29, 0.717) is 31.6 Å². The molecule has 0 unspecified atom stereocenters. The van der Waals surface area contributed by atoms with Gasteiger partial charge in [0.1, 0.15) is 0 Å². The maximum atomic E-state index is 12.5. The Morgan fingerprint density at radius 3 is 2.46 bits per heavy atom. The number of hydrogen-bond donors (Lipinski definition) is 3. The number of nitrogens with zero attached hydrogens (tertiary/aromatic N) is 1. The lowest BCUT2D eigenvalue weighted by Gasteiger charge is -2.30. The van der Waals surface area contributed by atoms with Crippen molar-refractivity contribution >= 4 is 28.3 Å². The van der Waals surface area contributed by atoms with Crippen molar-refractivity contribution in [3.05, 3.63) is 38.9 Å². The van der Waals surface area contributed by atoms with Crippen molar-refractivity contribution in [1.29, 1.82) is 0 Å². The summed E-state index contributed by atoms with van der Waals surface area (Å²) in [7, 11) is 0. The molecule has 3 rings (SSSR count). The number of benzene rings is 1. The number of carbonyl (C=O) groups excluding carboxylic acids is 2. The summed E-state index contributed by atoms with van der Waals surface area (Å²) in [6, 6.07) is 4.75. The average Bonchev–Trinajstić information content (AvgIpc) is 2.58. The molecular formula is C16H18N4O4. The zero-order valence-electron chi connectivity index (χ0n) is 13.2. The SMILES string of the molecule is CC(=O)N1CCC(C(=O)Nc2cccc3c(=O)[nH][nH]c(=O)c23)CC1. The smallest absolute Gasteiger partial charge is 0.272 e. The number of amides is 2. The van der Waals surface area contributed by atoms with Gasteiger partial charge in [0.2, 0.25) is 11.8 Å². The van der Waals surface area contributed by atoms with Crippen molar-refractivity contribution in [2.24, 2.45) is 5.92 Å². The van der Waals surface area contributed by atoms with E-state index >= 15 is 0 Å². The number of carbonyl (C=O) groups is 2. The van der Waals surface area contributed by atoms with Crippen LogP contribution in [0.3, 0.4) is 0 Å². The topological polar surface area (TPSA) is 115 Å². The molecule has 2 aromatic rings. The van der Waals surface area contributed by atoms with E-state index in [-0.39, 0.29) is 28.5 Å². The van der Waals surface area contributed by atoms with Gasteiger partial charge in [0, 0.05) is 25.9 Å². The second kappa shape index (κ2) is 6.31. The van der Waals surface area contributed by atoms with Crippen LogP contribution in [0.5, 0.6) is 0 Å². The third-order valence-corrected chi connectivity index (χ3v) is 4.39. The van der Waals surface area contributed by atoms with E-state index < -0.39 is 11.1 Å². The van der Waals surface area contributed by atoms with Crippen LogP contribution in [0.1, 0.15) is 19.8 Å². The van der Waals surface area contributed by atoms with Gasteiger partial charge in [0.05, 0.1) is 16.5 Å². The van der Waals surface area contributed by atoms with E-state index in [1.807, 2.05) is 0 Å². The van der Waals surface area contributed by atoms with Crippen LogP contribution in [-0.2, 0) is 9.59 Å². The van der Waals surface area contributed by atoms with Gasteiger partial charge in [-0.05, 0) is 25.0 Å². The summed E-state index contributed by atoms with van der Waals surface area (Å²) in [4.78, 5) is 49.3. The molecule has 8 heteroatoms. The van der Waals surface area contributed by atoms with Crippen molar-refractivity contribution in [2.45, 2.75) is 19.8 Å². The number of anilines is 1. The van der Waals surface area contributed by atoms with Gasteiger partial charge in [0.25, 0.3) is 11.1 Å². The van der Waals surface area contributed by atoms with Gasteiger partial charge in [-0.1, -0.05) is 6.07 Å². The van der Waals surface area contributed by atoms with E-state index in [9.17, 15) is 19.2 Å². The Hall–Kier alpha value is -2.90. The fourth-order valence-corrected chi connectivity index (χ4v) is 3.03. The molecule has 0 saturated carbocycles. The number of aromatic nitrogens is 2. The Kier molecular flexibility index (Phi) is 4.20. The van der Waals surface area contributed by atoms with E-state index in [1.165, 1.54) is 13.0 Å². The molecule has 0 bridgehead atoms. The molecule has 2 amide bonds. The van der Waals surface area contributed by atoms with Crippen LogP contribution in [0.15, 0.2) is 27.8 Å². The fourth-order valence-electron chi connectivity index (χ4n) is 3.03. The third-order valence-electron chi connectivity index (χ3n) is 4.39. The van der Waals surface area contributed by atoms with Crippen molar-refractivity contribution in [3.63, 3.8) is 0 Å². The second-order valence-electron chi connectivity index (χ2n) is 5.91. The summed E-state index contributed by atoms with van der Waals surface area (Å²) in [5.41, 5.74) is -0.568.